The number of carbonyl (C=O) groups excluding carboxylic acids is 1. The largest absolute Gasteiger partial charge is 0.487 e. The molecular weight excluding hydrogens is 464 g/mol. The Hall–Kier alpha value is -3.87. The number of nitrogens with zero attached hydrogens (tertiary/aromatic N) is 3. The minimum Gasteiger partial charge on any atom is -0.487 e. The number of aryl methyl sites for hydroxylation is 2. The molecule has 2 fully saturated rings. The Kier molecular flexibility index (Phi) is 5.03. The van der Waals surface area contributed by atoms with Crippen LogP contribution < -0.4 is 10.2 Å². The van der Waals surface area contributed by atoms with Gasteiger partial charge in [0.05, 0.1) is 11.7 Å². The molecule has 4 aromatic rings. The molecule has 1 amide bonds. The maximum absolute atomic E-state index is 13.4. The van der Waals surface area contributed by atoms with Gasteiger partial charge < -0.3 is 14.6 Å². The zero-order valence-corrected chi connectivity index (χ0v) is 21.0. The molecule has 0 radical (unpaired) electrons. The first-order valence-corrected chi connectivity index (χ1v) is 13.2. The number of aromatic nitrogens is 3. The van der Waals surface area contributed by atoms with Crippen LogP contribution in [0.15, 0.2) is 59.7 Å². The predicted molar refractivity (Wildman–Crippen MR) is 142 cm³/mol. The lowest BCUT2D eigenvalue weighted by Gasteiger charge is -2.44. The third-order valence-electron chi connectivity index (χ3n) is 8.38. The average Bonchev–Trinajstić information content (AvgIpc) is 3.67. The highest BCUT2D eigenvalue weighted by molar-refractivity contribution is 5.95. The lowest BCUT2D eigenvalue weighted by atomic mass is 9.82. The number of para-hydroxylation sites is 1. The van der Waals surface area contributed by atoms with Crippen molar-refractivity contribution in [1.82, 2.24) is 19.7 Å². The molecule has 7 rings (SSSR count). The zero-order chi connectivity index (χ0) is 25.1. The molecule has 3 aliphatic rings. The molecule has 4 heterocycles. The van der Waals surface area contributed by atoms with Crippen molar-refractivity contribution in [1.29, 1.82) is 0 Å². The van der Waals surface area contributed by atoms with Gasteiger partial charge in [-0.15, -0.1) is 0 Å². The highest BCUT2D eigenvalue weighted by Gasteiger charge is 2.41. The minimum atomic E-state index is -0.241. The van der Waals surface area contributed by atoms with Crippen molar-refractivity contribution >= 4 is 16.8 Å². The number of rotatable bonds is 3. The van der Waals surface area contributed by atoms with E-state index in [1.165, 1.54) is 11.6 Å². The van der Waals surface area contributed by atoms with Crippen LogP contribution in [0.4, 0.5) is 0 Å². The van der Waals surface area contributed by atoms with Crippen LogP contribution in [-0.4, -0.2) is 44.3 Å². The second kappa shape index (κ2) is 8.33. The van der Waals surface area contributed by atoms with Crippen LogP contribution in [0, 0.1) is 0 Å². The predicted octanol–water partition coefficient (Wildman–Crippen LogP) is 4.81. The lowest BCUT2D eigenvalue weighted by molar-refractivity contribution is -0.0108. The lowest BCUT2D eigenvalue weighted by Crippen LogP contribution is -2.51. The molecule has 2 aromatic carbocycles. The Bertz CT molecular complexity index is 1590. The van der Waals surface area contributed by atoms with Gasteiger partial charge in [0.25, 0.3) is 5.91 Å². The molecule has 1 saturated carbocycles. The minimum absolute atomic E-state index is 0.0917. The molecule has 1 N–H and O–H groups in total. The van der Waals surface area contributed by atoms with Crippen LogP contribution in [0.2, 0.25) is 0 Å². The molecule has 1 saturated heterocycles. The van der Waals surface area contributed by atoms with E-state index in [2.05, 4.69) is 34.3 Å². The van der Waals surface area contributed by atoms with Crippen molar-refractivity contribution in [2.75, 3.05) is 13.1 Å². The van der Waals surface area contributed by atoms with Crippen LogP contribution in [0.5, 0.6) is 5.75 Å². The summed E-state index contributed by atoms with van der Waals surface area (Å²) in [4.78, 5) is 31.5. The standard InChI is InChI=1S/C30H30N4O3/c1-33-18-22(17-31-33)20-7-8-27-21(15-20)9-10-30(37-27)11-13-34(14-12-30)29(36)25-16-26(35)24-4-2-3-23(19-5-6-19)28(24)32-25/h2-4,7-8,15-19H,5-6,9-14H2,1H3,(H,32,35). The summed E-state index contributed by atoms with van der Waals surface area (Å²) < 4.78 is 8.41. The van der Waals surface area contributed by atoms with E-state index in [1.807, 2.05) is 41.2 Å². The first-order chi connectivity index (χ1) is 18.0. The molecule has 37 heavy (non-hydrogen) atoms. The van der Waals surface area contributed by atoms with Gasteiger partial charge in [0.15, 0.2) is 5.43 Å². The Balaban J connectivity index is 1.08. The molecular formula is C30H30N4O3. The van der Waals surface area contributed by atoms with Gasteiger partial charge in [-0.05, 0) is 66.5 Å². The van der Waals surface area contributed by atoms with E-state index in [1.54, 1.807) is 0 Å². The fourth-order valence-corrected chi connectivity index (χ4v) is 6.06. The number of benzene rings is 2. The molecule has 1 spiro atoms. The van der Waals surface area contributed by atoms with E-state index in [0.29, 0.717) is 30.1 Å². The van der Waals surface area contributed by atoms with Crippen LogP contribution in [0.1, 0.15) is 59.6 Å². The van der Waals surface area contributed by atoms with Crippen molar-refractivity contribution in [3.8, 4) is 16.9 Å². The van der Waals surface area contributed by atoms with Gasteiger partial charge in [-0.3, -0.25) is 14.3 Å². The van der Waals surface area contributed by atoms with Crippen LogP contribution in [0.3, 0.4) is 0 Å². The summed E-state index contributed by atoms with van der Waals surface area (Å²) in [5.74, 6) is 1.34. The Morgan fingerprint density at radius 1 is 1.08 bits per heavy atom. The highest BCUT2D eigenvalue weighted by atomic mass is 16.5. The van der Waals surface area contributed by atoms with E-state index in [0.717, 1.165) is 66.5 Å². The number of hydrogen-bond donors (Lipinski definition) is 1. The van der Waals surface area contributed by atoms with E-state index < -0.39 is 0 Å². The van der Waals surface area contributed by atoms with Crippen molar-refractivity contribution < 1.29 is 9.53 Å². The molecule has 0 atom stereocenters. The second-order valence-electron chi connectivity index (χ2n) is 10.9. The highest BCUT2D eigenvalue weighted by Crippen LogP contribution is 2.43. The summed E-state index contributed by atoms with van der Waals surface area (Å²) in [5.41, 5.74) is 5.52. The number of hydrogen-bond acceptors (Lipinski definition) is 4. The second-order valence-corrected chi connectivity index (χ2v) is 10.9. The number of H-pyrrole nitrogens is 1. The number of ether oxygens (including phenoxy) is 1. The normalized spacial score (nSPS) is 18.6. The Morgan fingerprint density at radius 2 is 1.92 bits per heavy atom. The number of pyridine rings is 1. The number of fused-ring (bicyclic) bond motifs is 2. The van der Waals surface area contributed by atoms with Crippen molar-refractivity contribution in [2.24, 2.45) is 7.05 Å². The summed E-state index contributed by atoms with van der Waals surface area (Å²) in [5, 5.41) is 4.95. The third kappa shape index (κ3) is 3.93. The van der Waals surface area contributed by atoms with Crippen molar-refractivity contribution in [3.05, 3.63) is 81.9 Å². The first kappa shape index (κ1) is 22.3. The number of aromatic amines is 1. The van der Waals surface area contributed by atoms with Gasteiger partial charge >= 0.3 is 0 Å². The van der Waals surface area contributed by atoms with Gasteiger partial charge in [-0.2, -0.15) is 5.10 Å². The number of piperidine rings is 1. The number of amides is 1. The molecule has 1 aliphatic carbocycles. The zero-order valence-electron chi connectivity index (χ0n) is 21.0. The van der Waals surface area contributed by atoms with Gasteiger partial charge in [-0.25, -0.2) is 0 Å². The topological polar surface area (TPSA) is 80.2 Å². The van der Waals surface area contributed by atoms with Gasteiger partial charge in [0.2, 0.25) is 0 Å². The first-order valence-electron chi connectivity index (χ1n) is 13.2. The molecule has 7 heteroatoms. The number of likely N-dealkylation sites (tertiary alicyclic amines) is 1. The molecule has 0 bridgehead atoms. The molecule has 7 nitrogen and oxygen atoms in total. The molecule has 188 valence electrons. The summed E-state index contributed by atoms with van der Waals surface area (Å²) in [7, 11) is 1.93. The Morgan fingerprint density at radius 3 is 2.68 bits per heavy atom. The molecule has 2 aromatic heterocycles. The van der Waals surface area contributed by atoms with E-state index >= 15 is 0 Å². The van der Waals surface area contributed by atoms with Gasteiger partial charge in [-0.1, -0.05) is 18.2 Å². The Labute approximate surface area is 215 Å². The average molecular weight is 495 g/mol. The van der Waals surface area contributed by atoms with Crippen LogP contribution >= 0.6 is 0 Å². The summed E-state index contributed by atoms with van der Waals surface area (Å²) in [6.07, 6.45) is 9.66. The van der Waals surface area contributed by atoms with E-state index in [-0.39, 0.29) is 16.9 Å². The summed E-state index contributed by atoms with van der Waals surface area (Å²) >= 11 is 0. The van der Waals surface area contributed by atoms with E-state index in [4.69, 9.17) is 4.74 Å². The smallest absolute Gasteiger partial charge is 0.270 e. The fourth-order valence-electron chi connectivity index (χ4n) is 6.06. The van der Waals surface area contributed by atoms with E-state index in [9.17, 15) is 9.59 Å². The third-order valence-corrected chi connectivity index (χ3v) is 8.38. The summed E-state index contributed by atoms with van der Waals surface area (Å²) in [6, 6.07) is 13.7. The SMILES string of the molecule is Cn1cc(-c2ccc3c(c2)CCC2(CCN(C(=O)c4cc(=O)c5cccc(C6CC6)c5[nH]4)CC2)O3)cn1. The quantitative estimate of drug-likeness (QED) is 0.443. The van der Waals surface area contributed by atoms with Crippen molar-refractivity contribution in [3.63, 3.8) is 0 Å². The molecule has 2 aliphatic heterocycles. The maximum atomic E-state index is 13.4. The molecule has 0 unspecified atom stereocenters. The van der Waals surface area contributed by atoms with Gasteiger partial charge in [0.1, 0.15) is 17.0 Å². The van der Waals surface area contributed by atoms with Crippen LogP contribution in [0.25, 0.3) is 22.0 Å². The van der Waals surface area contributed by atoms with Gasteiger partial charge in [0, 0.05) is 56.2 Å². The number of carbonyl (C=O) groups is 1. The maximum Gasteiger partial charge on any atom is 0.270 e. The monoisotopic (exact) mass is 494 g/mol. The fraction of sp³-hybridized carbons (Fsp3) is 0.367. The number of nitrogens with one attached hydrogen (secondary N) is 1. The van der Waals surface area contributed by atoms with Crippen LogP contribution in [-0.2, 0) is 13.5 Å². The summed E-state index contributed by atoms with van der Waals surface area (Å²) in [6.45, 7) is 1.23. The van der Waals surface area contributed by atoms with Crippen molar-refractivity contribution in [2.45, 2.75) is 50.0 Å².